The fraction of sp³-hybridized carbons (Fsp3) is 0. The van der Waals surface area contributed by atoms with Gasteiger partial charge in [0.1, 0.15) is 16.7 Å². The number of para-hydroxylation sites is 1. The Kier molecular flexibility index (Phi) is 6.78. The number of rotatable bonds is 6. The summed E-state index contributed by atoms with van der Waals surface area (Å²) in [6, 6.07) is 63.3. The highest BCUT2D eigenvalue weighted by Gasteiger charge is 2.18. The fourth-order valence-electron chi connectivity index (χ4n) is 7.19. The van der Waals surface area contributed by atoms with Gasteiger partial charge in [0.05, 0.1) is 0 Å². The average molecular weight is 655 g/mol. The summed E-state index contributed by atoms with van der Waals surface area (Å²) in [4.78, 5) is 7.21. The van der Waals surface area contributed by atoms with Crippen LogP contribution in [0.4, 0.5) is 17.1 Å². The van der Waals surface area contributed by atoms with E-state index in [0.29, 0.717) is 5.89 Å². The van der Waals surface area contributed by atoms with E-state index in [2.05, 4.69) is 138 Å². The maximum absolute atomic E-state index is 6.61. The number of furan rings is 1. The van der Waals surface area contributed by atoms with Gasteiger partial charge in [0.2, 0.25) is 5.89 Å². The molecule has 4 heteroatoms. The third-order valence-corrected chi connectivity index (χ3v) is 9.71. The van der Waals surface area contributed by atoms with Gasteiger partial charge in [-0.05, 0) is 82.7 Å². The van der Waals surface area contributed by atoms with E-state index in [1.807, 2.05) is 48.5 Å². The lowest BCUT2D eigenvalue weighted by Crippen LogP contribution is -2.09. The lowest BCUT2D eigenvalue weighted by atomic mass is 10.0. The Hall–Kier alpha value is -6.91. The molecular formula is C47H30N2O2. The zero-order valence-electron chi connectivity index (χ0n) is 27.5. The first-order valence-electron chi connectivity index (χ1n) is 17.1. The average Bonchev–Trinajstić information content (AvgIpc) is 3.81. The highest BCUT2D eigenvalue weighted by atomic mass is 16.3. The quantitative estimate of drug-likeness (QED) is 0.179. The summed E-state index contributed by atoms with van der Waals surface area (Å²) in [6.45, 7) is 0. The predicted octanol–water partition coefficient (Wildman–Crippen LogP) is 13.4. The third-order valence-electron chi connectivity index (χ3n) is 9.71. The standard InChI is InChI=1S/C47H30N2O2/c1-3-10-31(11-4-1)32-18-23-36(24-19-32)49(38-27-29-41-42-28-22-33-12-7-8-15-40(33)46(42)50-44(41)30-38)37-25-20-34(21-26-37)39-16-9-17-43-45(39)48-47(51-43)35-13-5-2-6-14-35/h1-30H. The molecule has 240 valence electrons. The topological polar surface area (TPSA) is 42.4 Å². The van der Waals surface area contributed by atoms with Crippen LogP contribution in [0.15, 0.2) is 191 Å². The molecule has 0 N–H and O–H groups in total. The largest absolute Gasteiger partial charge is 0.455 e. The molecule has 0 atom stereocenters. The third kappa shape index (κ3) is 5.04. The van der Waals surface area contributed by atoms with Gasteiger partial charge < -0.3 is 13.7 Å². The minimum absolute atomic E-state index is 0.619. The molecule has 0 aliphatic heterocycles. The summed E-state index contributed by atoms with van der Waals surface area (Å²) in [5, 5.41) is 4.51. The Morgan fingerprint density at radius 2 is 1.02 bits per heavy atom. The molecular weight excluding hydrogens is 625 g/mol. The van der Waals surface area contributed by atoms with Gasteiger partial charge in [-0.25, -0.2) is 4.98 Å². The first kappa shape index (κ1) is 29.0. The van der Waals surface area contributed by atoms with Crippen molar-refractivity contribution in [2.75, 3.05) is 4.90 Å². The first-order chi connectivity index (χ1) is 25.3. The fourth-order valence-corrected chi connectivity index (χ4v) is 7.19. The van der Waals surface area contributed by atoms with Crippen molar-refractivity contribution in [3.8, 4) is 33.7 Å². The van der Waals surface area contributed by atoms with E-state index >= 15 is 0 Å². The van der Waals surface area contributed by atoms with Crippen molar-refractivity contribution in [2.45, 2.75) is 0 Å². The van der Waals surface area contributed by atoms with Gasteiger partial charge in [0.15, 0.2) is 5.58 Å². The van der Waals surface area contributed by atoms with Crippen LogP contribution in [-0.4, -0.2) is 4.98 Å². The smallest absolute Gasteiger partial charge is 0.227 e. The molecule has 4 nitrogen and oxygen atoms in total. The molecule has 0 aliphatic carbocycles. The maximum Gasteiger partial charge on any atom is 0.227 e. The van der Waals surface area contributed by atoms with Crippen molar-refractivity contribution in [3.05, 3.63) is 182 Å². The minimum Gasteiger partial charge on any atom is -0.455 e. The Labute approximate surface area is 294 Å². The highest BCUT2D eigenvalue weighted by molar-refractivity contribution is 6.15. The maximum atomic E-state index is 6.61. The summed E-state index contributed by atoms with van der Waals surface area (Å²) in [5.74, 6) is 0.619. The van der Waals surface area contributed by atoms with Crippen molar-refractivity contribution in [2.24, 2.45) is 0 Å². The molecule has 2 aromatic heterocycles. The Balaban J connectivity index is 1.08. The van der Waals surface area contributed by atoms with Crippen LogP contribution in [0.5, 0.6) is 0 Å². The molecule has 10 rings (SSSR count). The molecule has 51 heavy (non-hydrogen) atoms. The van der Waals surface area contributed by atoms with Crippen LogP contribution < -0.4 is 4.90 Å². The summed E-state index contributed by atoms with van der Waals surface area (Å²) in [5.41, 5.74) is 11.9. The molecule has 0 bridgehead atoms. The minimum atomic E-state index is 0.619. The molecule has 0 saturated carbocycles. The van der Waals surface area contributed by atoms with Crippen LogP contribution in [-0.2, 0) is 0 Å². The Morgan fingerprint density at radius 3 is 1.78 bits per heavy atom. The van der Waals surface area contributed by atoms with E-state index in [1.54, 1.807) is 0 Å². The van der Waals surface area contributed by atoms with Gasteiger partial charge in [-0.3, -0.25) is 0 Å². The molecule has 0 fully saturated rings. The SMILES string of the molecule is c1ccc(-c2ccc(N(c3ccc(-c4cccc5oc(-c6ccccc6)nc45)cc3)c3ccc4c(c3)oc3c5ccccc5ccc43)cc2)cc1. The molecule has 0 radical (unpaired) electrons. The highest BCUT2D eigenvalue weighted by Crippen LogP contribution is 2.41. The van der Waals surface area contributed by atoms with Crippen molar-refractivity contribution < 1.29 is 8.83 Å². The number of hydrogen-bond acceptors (Lipinski definition) is 4. The van der Waals surface area contributed by atoms with Crippen LogP contribution >= 0.6 is 0 Å². The van der Waals surface area contributed by atoms with E-state index in [1.165, 1.54) is 16.5 Å². The summed E-state index contributed by atoms with van der Waals surface area (Å²) in [6.07, 6.45) is 0. The summed E-state index contributed by atoms with van der Waals surface area (Å²) < 4.78 is 12.8. The molecule has 2 heterocycles. The van der Waals surface area contributed by atoms with Gasteiger partial charge in [0, 0.05) is 50.4 Å². The molecule has 0 saturated heterocycles. The van der Waals surface area contributed by atoms with Gasteiger partial charge in [-0.2, -0.15) is 0 Å². The van der Waals surface area contributed by atoms with Crippen molar-refractivity contribution in [1.29, 1.82) is 0 Å². The Morgan fingerprint density at radius 1 is 0.392 bits per heavy atom. The van der Waals surface area contributed by atoms with E-state index in [9.17, 15) is 0 Å². The van der Waals surface area contributed by atoms with Gasteiger partial charge >= 0.3 is 0 Å². The number of anilines is 3. The number of aromatic nitrogens is 1. The van der Waals surface area contributed by atoms with Crippen molar-refractivity contribution in [1.82, 2.24) is 4.98 Å². The van der Waals surface area contributed by atoms with Crippen LogP contribution in [0.3, 0.4) is 0 Å². The molecule has 0 unspecified atom stereocenters. The zero-order chi connectivity index (χ0) is 33.7. The zero-order valence-corrected chi connectivity index (χ0v) is 27.5. The first-order valence-corrected chi connectivity index (χ1v) is 17.1. The van der Waals surface area contributed by atoms with E-state index in [0.717, 1.165) is 72.2 Å². The van der Waals surface area contributed by atoms with Gasteiger partial charge in [0.25, 0.3) is 0 Å². The second-order valence-electron chi connectivity index (χ2n) is 12.8. The summed E-state index contributed by atoms with van der Waals surface area (Å²) in [7, 11) is 0. The van der Waals surface area contributed by atoms with Gasteiger partial charge in [-0.1, -0.05) is 115 Å². The second kappa shape index (κ2) is 11.9. The number of oxazole rings is 1. The normalized spacial score (nSPS) is 11.5. The molecule has 0 spiro atoms. The van der Waals surface area contributed by atoms with E-state index < -0.39 is 0 Å². The molecule has 0 aliphatic rings. The number of hydrogen-bond donors (Lipinski definition) is 0. The van der Waals surface area contributed by atoms with E-state index in [4.69, 9.17) is 13.8 Å². The Bertz CT molecular complexity index is 2840. The van der Waals surface area contributed by atoms with Crippen molar-refractivity contribution in [3.63, 3.8) is 0 Å². The number of benzene rings is 8. The molecule has 0 amide bonds. The van der Waals surface area contributed by atoms with E-state index in [-0.39, 0.29) is 0 Å². The van der Waals surface area contributed by atoms with Crippen LogP contribution in [0.2, 0.25) is 0 Å². The number of fused-ring (bicyclic) bond motifs is 6. The molecule has 8 aromatic carbocycles. The van der Waals surface area contributed by atoms with Crippen LogP contribution in [0.1, 0.15) is 0 Å². The monoisotopic (exact) mass is 654 g/mol. The van der Waals surface area contributed by atoms with Crippen LogP contribution in [0.25, 0.3) is 77.5 Å². The predicted molar refractivity (Wildman–Crippen MR) is 210 cm³/mol. The van der Waals surface area contributed by atoms with Crippen LogP contribution in [0, 0.1) is 0 Å². The van der Waals surface area contributed by atoms with Crippen molar-refractivity contribution >= 4 is 60.9 Å². The second-order valence-corrected chi connectivity index (χ2v) is 12.8. The lowest BCUT2D eigenvalue weighted by molar-refractivity contribution is 0.620. The van der Waals surface area contributed by atoms with Gasteiger partial charge in [-0.15, -0.1) is 0 Å². The number of nitrogens with zero attached hydrogens (tertiary/aromatic N) is 2. The lowest BCUT2D eigenvalue weighted by Gasteiger charge is -2.26. The summed E-state index contributed by atoms with van der Waals surface area (Å²) >= 11 is 0. The molecule has 10 aromatic rings.